The fourth-order valence-corrected chi connectivity index (χ4v) is 4.06. The number of rotatable bonds is 8. The number of hydrogen-bond donors (Lipinski definition) is 3. The second-order valence-electron chi connectivity index (χ2n) is 8.38. The molecule has 2 heterocycles. The molecule has 162 valence electrons. The molecule has 0 aromatic heterocycles. The number of hydrogen-bond acceptors (Lipinski definition) is 5. The summed E-state index contributed by atoms with van der Waals surface area (Å²) < 4.78 is 5.39. The highest BCUT2D eigenvalue weighted by molar-refractivity contribution is 5.79. The molecule has 0 saturated carbocycles. The Morgan fingerprint density at radius 2 is 2.00 bits per heavy atom. The predicted octanol–water partition coefficient (Wildman–Crippen LogP) is 1.08. The summed E-state index contributed by atoms with van der Waals surface area (Å²) in [5, 5.41) is 17.5. The van der Waals surface area contributed by atoms with E-state index < -0.39 is 5.60 Å². The molecule has 1 aromatic carbocycles. The third kappa shape index (κ3) is 6.32. The lowest BCUT2D eigenvalue weighted by Crippen LogP contribution is -2.49. The lowest BCUT2D eigenvalue weighted by molar-refractivity contribution is -0.0179. The molecule has 0 amide bonds. The molecule has 29 heavy (non-hydrogen) atoms. The number of fused-ring (bicyclic) bond motifs is 1. The van der Waals surface area contributed by atoms with E-state index in [2.05, 4.69) is 63.5 Å². The Hall–Kier alpha value is -1.83. The normalized spacial score (nSPS) is 20.8. The van der Waals surface area contributed by atoms with Crippen LogP contribution < -0.4 is 15.5 Å². The number of morpholine rings is 1. The van der Waals surface area contributed by atoms with Crippen molar-refractivity contribution in [2.45, 2.75) is 38.8 Å². The van der Waals surface area contributed by atoms with Crippen LogP contribution in [0.2, 0.25) is 0 Å². The number of para-hydroxylation sites is 1. The van der Waals surface area contributed by atoms with Crippen LogP contribution in [-0.4, -0.2) is 86.6 Å². The molecule has 1 aromatic rings. The largest absolute Gasteiger partial charge is 0.387 e. The molecule has 1 saturated heterocycles. The molecule has 7 heteroatoms. The summed E-state index contributed by atoms with van der Waals surface area (Å²) in [5.41, 5.74) is 1.91. The molecule has 1 fully saturated rings. The zero-order chi connectivity index (χ0) is 20.7. The maximum absolute atomic E-state index is 10.8. The fourth-order valence-electron chi connectivity index (χ4n) is 4.06. The molecule has 0 spiro atoms. The van der Waals surface area contributed by atoms with E-state index in [1.165, 1.54) is 11.3 Å². The second-order valence-corrected chi connectivity index (χ2v) is 8.38. The zero-order valence-electron chi connectivity index (χ0n) is 18.2. The van der Waals surface area contributed by atoms with Crippen molar-refractivity contribution in [3.8, 4) is 0 Å². The van der Waals surface area contributed by atoms with E-state index in [4.69, 9.17) is 4.74 Å². The molecule has 2 aliphatic rings. The standard InChI is InChI=1S/C22H37N5O2/c1-4-23-21(25-16-22(3,28)17-26-11-13-29-14-12-26)24-15-18(2)27-10-9-19-7-5-6-8-20(19)27/h5-8,18,28H,4,9-17H2,1-3H3,(H2,23,24,25). The van der Waals surface area contributed by atoms with Gasteiger partial charge in [0.25, 0.3) is 0 Å². The van der Waals surface area contributed by atoms with Gasteiger partial charge in [-0.2, -0.15) is 0 Å². The first kappa shape index (κ1) is 21.9. The van der Waals surface area contributed by atoms with Crippen LogP contribution in [0.3, 0.4) is 0 Å². The molecule has 2 atom stereocenters. The van der Waals surface area contributed by atoms with Crippen LogP contribution in [-0.2, 0) is 11.2 Å². The summed E-state index contributed by atoms with van der Waals surface area (Å²) in [7, 11) is 0. The first-order chi connectivity index (χ1) is 14.0. The van der Waals surface area contributed by atoms with Crippen LogP contribution in [0.1, 0.15) is 26.3 Å². The molecule has 0 radical (unpaired) electrons. The van der Waals surface area contributed by atoms with Gasteiger partial charge < -0.3 is 25.4 Å². The third-order valence-electron chi connectivity index (χ3n) is 5.61. The average molecular weight is 404 g/mol. The van der Waals surface area contributed by atoms with Crippen molar-refractivity contribution in [1.82, 2.24) is 15.5 Å². The summed E-state index contributed by atoms with van der Waals surface area (Å²) in [6, 6.07) is 9.01. The number of ether oxygens (including phenoxy) is 1. The smallest absolute Gasteiger partial charge is 0.191 e. The highest BCUT2D eigenvalue weighted by Gasteiger charge is 2.26. The zero-order valence-corrected chi connectivity index (χ0v) is 18.2. The van der Waals surface area contributed by atoms with E-state index in [1.54, 1.807) is 0 Å². The number of aliphatic imine (C=N–C) groups is 1. The minimum Gasteiger partial charge on any atom is -0.387 e. The summed E-state index contributed by atoms with van der Waals surface area (Å²) in [4.78, 5) is 9.36. The Kier molecular flexibility index (Phi) is 7.75. The van der Waals surface area contributed by atoms with Crippen LogP contribution in [0.15, 0.2) is 29.3 Å². The molecule has 3 N–H and O–H groups in total. The summed E-state index contributed by atoms with van der Waals surface area (Å²) in [6.45, 7) is 13.0. The van der Waals surface area contributed by atoms with Gasteiger partial charge in [0.15, 0.2) is 5.96 Å². The minimum absolute atomic E-state index is 0.358. The first-order valence-corrected chi connectivity index (χ1v) is 10.9. The van der Waals surface area contributed by atoms with E-state index in [1.807, 2.05) is 6.92 Å². The SMILES string of the molecule is CCNC(=NCC(C)(O)CN1CCOCC1)NCC(C)N1CCc2ccccc21. The Balaban J connectivity index is 1.52. The molecule has 2 unspecified atom stereocenters. The van der Waals surface area contributed by atoms with E-state index in [-0.39, 0.29) is 0 Å². The van der Waals surface area contributed by atoms with Gasteiger partial charge in [-0.1, -0.05) is 18.2 Å². The molecule has 3 rings (SSSR count). The van der Waals surface area contributed by atoms with Gasteiger partial charge in [0.05, 0.1) is 25.4 Å². The van der Waals surface area contributed by atoms with Crippen LogP contribution in [0.4, 0.5) is 5.69 Å². The number of anilines is 1. The van der Waals surface area contributed by atoms with E-state index in [0.29, 0.717) is 19.1 Å². The van der Waals surface area contributed by atoms with Gasteiger partial charge in [-0.05, 0) is 38.8 Å². The van der Waals surface area contributed by atoms with Gasteiger partial charge >= 0.3 is 0 Å². The Bertz CT molecular complexity index is 673. The maximum Gasteiger partial charge on any atom is 0.191 e. The lowest BCUT2D eigenvalue weighted by atomic mass is 10.1. The van der Waals surface area contributed by atoms with Gasteiger partial charge in [0.1, 0.15) is 0 Å². The summed E-state index contributed by atoms with van der Waals surface area (Å²) in [5.74, 6) is 0.758. The minimum atomic E-state index is -0.862. The van der Waals surface area contributed by atoms with Gasteiger partial charge in [-0.3, -0.25) is 9.89 Å². The molecule has 0 bridgehead atoms. The maximum atomic E-state index is 10.8. The van der Waals surface area contributed by atoms with Crippen molar-refractivity contribution in [3.63, 3.8) is 0 Å². The van der Waals surface area contributed by atoms with Crippen LogP contribution in [0.25, 0.3) is 0 Å². The van der Waals surface area contributed by atoms with Crippen molar-refractivity contribution in [1.29, 1.82) is 0 Å². The molecular weight excluding hydrogens is 366 g/mol. The Labute approximate surface area is 175 Å². The second kappa shape index (κ2) is 10.3. The van der Waals surface area contributed by atoms with Gasteiger partial charge in [0, 0.05) is 51.0 Å². The van der Waals surface area contributed by atoms with Crippen LogP contribution >= 0.6 is 0 Å². The Morgan fingerprint density at radius 1 is 1.24 bits per heavy atom. The third-order valence-corrected chi connectivity index (χ3v) is 5.61. The number of aliphatic hydroxyl groups is 1. The van der Waals surface area contributed by atoms with Gasteiger partial charge in [-0.15, -0.1) is 0 Å². The lowest BCUT2D eigenvalue weighted by Gasteiger charge is -2.33. The van der Waals surface area contributed by atoms with Crippen LogP contribution in [0, 0.1) is 0 Å². The highest BCUT2D eigenvalue weighted by atomic mass is 16.5. The van der Waals surface area contributed by atoms with Crippen molar-refractivity contribution in [2.24, 2.45) is 4.99 Å². The number of guanidine groups is 1. The fraction of sp³-hybridized carbons (Fsp3) is 0.682. The van der Waals surface area contributed by atoms with Crippen molar-refractivity contribution >= 4 is 11.6 Å². The first-order valence-electron chi connectivity index (χ1n) is 10.9. The van der Waals surface area contributed by atoms with E-state index in [9.17, 15) is 5.11 Å². The van der Waals surface area contributed by atoms with Crippen molar-refractivity contribution in [2.75, 3.05) is 63.9 Å². The topological polar surface area (TPSA) is 72.4 Å². The predicted molar refractivity (Wildman–Crippen MR) is 119 cm³/mol. The van der Waals surface area contributed by atoms with Gasteiger partial charge in [-0.25, -0.2) is 0 Å². The Morgan fingerprint density at radius 3 is 2.76 bits per heavy atom. The van der Waals surface area contributed by atoms with Crippen molar-refractivity contribution in [3.05, 3.63) is 29.8 Å². The number of nitrogens with zero attached hydrogens (tertiary/aromatic N) is 3. The van der Waals surface area contributed by atoms with Crippen LogP contribution in [0.5, 0.6) is 0 Å². The van der Waals surface area contributed by atoms with Gasteiger partial charge in [0.2, 0.25) is 0 Å². The number of benzene rings is 1. The monoisotopic (exact) mass is 403 g/mol. The molecule has 7 nitrogen and oxygen atoms in total. The number of β-amino-alcohol motifs (C(OH)–C–C–N with tert-alkyl or cyclic N) is 1. The van der Waals surface area contributed by atoms with E-state index >= 15 is 0 Å². The molecule has 2 aliphatic heterocycles. The quantitative estimate of drug-likeness (QED) is 0.446. The summed E-state index contributed by atoms with van der Waals surface area (Å²) >= 11 is 0. The van der Waals surface area contributed by atoms with E-state index in [0.717, 1.165) is 58.3 Å². The average Bonchev–Trinajstić information content (AvgIpc) is 3.14. The number of nitrogens with one attached hydrogen (secondary N) is 2. The molecular formula is C22H37N5O2. The summed E-state index contributed by atoms with van der Waals surface area (Å²) in [6.07, 6.45) is 1.11. The van der Waals surface area contributed by atoms with Crippen molar-refractivity contribution < 1.29 is 9.84 Å². The highest BCUT2D eigenvalue weighted by Crippen LogP contribution is 2.28. The molecule has 0 aliphatic carbocycles.